The zero-order valence-electron chi connectivity index (χ0n) is 12.7. The van der Waals surface area contributed by atoms with Gasteiger partial charge in [-0.15, -0.1) is 0 Å². The van der Waals surface area contributed by atoms with E-state index in [1.54, 1.807) is 0 Å². The van der Waals surface area contributed by atoms with Crippen LogP contribution in [0.3, 0.4) is 0 Å². The number of nitrogens with one attached hydrogen (secondary N) is 1. The van der Waals surface area contributed by atoms with Crippen molar-refractivity contribution in [2.75, 3.05) is 31.6 Å². The van der Waals surface area contributed by atoms with Crippen molar-refractivity contribution in [3.05, 3.63) is 24.3 Å². The van der Waals surface area contributed by atoms with Gasteiger partial charge in [0.1, 0.15) is 0 Å². The van der Waals surface area contributed by atoms with Crippen molar-refractivity contribution in [2.24, 2.45) is 0 Å². The highest BCUT2D eigenvalue weighted by Gasteiger charge is 2.23. The van der Waals surface area contributed by atoms with E-state index in [0.29, 0.717) is 18.5 Å². The second-order valence-corrected chi connectivity index (χ2v) is 5.39. The van der Waals surface area contributed by atoms with E-state index in [1.165, 1.54) is 12.8 Å². The number of aromatic nitrogens is 2. The lowest BCUT2D eigenvalue weighted by atomic mass is 10.1. The molecular formula is C16H22N4O. The minimum absolute atomic E-state index is 0.438. The Morgan fingerprint density at radius 1 is 1.29 bits per heavy atom. The summed E-state index contributed by atoms with van der Waals surface area (Å²) >= 11 is 0. The maximum Gasteiger partial charge on any atom is 0.258 e. The molecule has 1 atom stereocenters. The van der Waals surface area contributed by atoms with Gasteiger partial charge in [-0.2, -0.15) is 0 Å². The maximum atomic E-state index is 5.72. The van der Waals surface area contributed by atoms with Crippen LogP contribution in [-0.4, -0.2) is 42.8 Å². The number of benzene rings is 1. The SMILES string of the molecule is CCOc1nc2ccccc2nc1N(C)[C@H]1CCCNC1. The van der Waals surface area contributed by atoms with E-state index < -0.39 is 0 Å². The molecule has 21 heavy (non-hydrogen) atoms. The van der Waals surface area contributed by atoms with Crippen LogP contribution < -0.4 is 15.0 Å². The summed E-state index contributed by atoms with van der Waals surface area (Å²) in [5.41, 5.74) is 1.78. The summed E-state index contributed by atoms with van der Waals surface area (Å²) in [4.78, 5) is 11.6. The summed E-state index contributed by atoms with van der Waals surface area (Å²) in [5.74, 6) is 1.47. The van der Waals surface area contributed by atoms with Gasteiger partial charge in [0.15, 0.2) is 5.82 Å². The number of para-hydroxylation sites is 2. The third-order valence-electron chi connectivity index (χ3n) is 3.96. The van der Waals surface area contributed by atoms with Gasteiger partial charge in [-0.3, -0.25) is 0 Å². The number of fused-ring (bicyclic) bond motifs is 1. The number of hydrogen-bond donors (Lipinski definition) is 1. The average molecular weight is 286 g/mol. The molecule has 2 aromatic rings. The Morgan fingerprint density at radius 2 is 2.05 bits per heavy atom. The van der Waals surface area contributed by atoms with Crippen LogP contribution in [0.5, 0.6) is 5.88 Å². The zero-order valence-corrected chi connectivity index (χ0v) is 12.7. The maximum absolute atomic E-state index is 5.72. The molecule has 1 N–H and O–H groups in total. The molecule has 1 aromatic carbocycles. The molecule has 1 saturated heterocycles. The topological polar surface area (TPSA) is 50.3 Å². The highest BCUT2D eigenvalue weighted by Crippen LogP contribution is 2.28. The molecule has 2 heterocycles. The van der Waals surface area contributed by atoms with Gasteiger partial charge < -0.3 is 15.0 Å². The average Bonchev–Trinajstić information content (AvgIpc) is 2.55. The molecule has 0 saturated carbocycles. The molecular weight excluding hydrogens is 264 g/mol. The standard InChI is InChI=1S/C16H22N4O/c1-3-21-16-15(20(2)12-7-6-10-17-11-12)18-13-8-4-5-9-14(13)19-16/h4-5,8-9,12,17H,3,6-7,10-11H2,1-2H3/t12-/m0/s1. The van der Waals surface area contributed by atoms with Gasteiger partial charge >= 0.3 is 0 Å². The number of nitrogens with zero attached hydrogens (tertiary/aromatic N) is 3. The molecule has 1 aliphatic rings. The lowest BCUT2D eigenvalue weighted by molar-refractivity contribution is 0.325. The highest BCUT2D eigenvalue weighted by atomic mass is 16.5. The van der Waals surface area contributed by atoms with E-state index in [1.807, 2.05) is 31.2 Å². The minimum Gasteiger partial charge on any atom is -0.475 e. The van der Waals surface area contributed by atoms with Crippen molar-refractivity contribution in [1.82, 2.24) is 15.3 Å². The molecule has 0 spiro atoms. The number of likely N-dealkylation sites (N-methyl/N-ethyl adjacent to an activating group) is 1. The number of anilines is 1. The highest BCUT2D eigenvalue weighted by molar-refractivity contribution is 5.77. The Balaban J connectivity index is 1.99. The van der Waals surface area contributed by atoms with Gasteiger partial charge in [0, 0.05) is 19.6 Å². The first-order valence-corrected chi connectivity index (χ1v) is 7.62. The largest absolute Gasteiger partial charge is 0.475 e. The van der Waals surface area contributed by atoms with E-state index in [4.69, 9.17) is 9.72 Å². The molecule has 5 heteroatoms. The Morgan fingerprint density at radius 3 is 2.71 bits per heavy atom. The fraction of sp³-hybridized carbons (Fsp3) is 0.500. The lowest BCUT2D eigenvalue weighted by Crippen LogP contribution is -2.44. The first-order chi connectivity index (χ1) is 10.3. The number of ether oxygens (including phenoxy) is 1. The van der Waals surface area contributed by atoms with E-state index >= 15 is 0 Å². The number of rotatable bonds is 4. The monoisotopic (exact) mass is 286 g/mol. The molecule has 0 aliphatic carbocycles. The summed E-state index contributed by atoms with van der Waals surface area (Å²) < 4.78 is 5.72. The van der Waals surface area contributed by atoms with Gasteiger partial charge in [0.05, 0.1) is 17.6 Å². The van der Waals surface area contributed by atoms with Crippen molar-refractivity contribution in [1.29, 1.82) is 0 Å². The molecule has 5 nitrogen and oxygen atoms in total. The Labute approximate surface area is 125 Å². The van der Waals surface area contributed by atoms with Crippen molar-refractivity contribution in [3.8, 4) is 5.88 Å². The predicted octanol–water partition coefficient (Wildman–Crippen LogP) is 2.22. The summed E-state index contributed by atoms with van der Waals surface area (Å²) in [6, 6.07) is 8.36. The van der Waals surface area contributed by atoms with E-state index in [-0.39, 0.29) is 0 Å². The third kappa shape index (κ3) is 2.93. The van der Waals surface area contributed by atoms with Crippen molar-refractivity contribution < 1.29 is 4.74 Å². The molecule has 112 valence electrons. The van der Waals surface area contributed by atoms with Crippen LogP contribution in [0.1, 0.15) is 19.8 Å². The second kappa shape index (κ2) is 6.26. The smallest absolute Gasteiger partial charge is 0.258 e. The van der Waals surface area contributed by atoms with Crippen LogP contribution >= 0.6 is 0 Å². The summed E-state index contributed by atoms with van der Waals surface area (Å²) in [7, 11) is 2.08. The molecule has 1 fully saturated rings. The Kier molecular flexibility index (Phi) is 4.20. The van der Waals surface area contributed by atoms with Gasteiger partial charge in [-0.1, -0.05) is 12.1 Å². The molecule has 0 unspecified atom stereocenters. The normalized spacial score (nSPS) is 18.7. The van der Waals surface area contributed by atoms with Crippen molar-refractivity contribution in [2.45, 2.75) is 25.8 Å². The molecule has 1 aromatic heterocycles. The summed E-state index contributed by atoms with van der Waals surface area (Å²) in [5, 5.41) is 3.44. The summed E-state index contributed by atoms with van der Waals surface area (Å²) in [6.07, 6.45) is 2.36. The van der Waals surface area contributed by atoms with Crippen LogP contribution in [0, 0.1) is 0 Å². The number of piperidine rings is 1. The van der Waals surface area contributed by atoms with Crippen LogP contribution in [0.4, 0.5) is 5.82 Å². The molecule has 1 aliphatic heterocycles. The first-order valence-electron chi connectivity index (χ1n) is 7.62. The molecule has 0 bridgehead atoms. The van der Waals surface area contributed by atoms with Crippen molar-refractivity contribution >= 4 is 16.9 Å². The fourth-order valence-electron chi connectivity index (χ4n) is 2.77. The fourth-order valence-corrected chi connectivity index (χ4v) is 2.77. The first kappa shape index (κ1) is 14.1. The van der Waals surface area contributed by atoms with Crippen LogP contribution in [-0.2, 0) is 0 Å². The Hall–Kier alpha value is -1.88. The quantitative estimate of drug-likeness (QED) is 0.934. The van der Waals surface area contributed by atoms with E-state index in [2.05, 4.69) is 22.2 Å². The van der Waals surface area contributed by atoms with Crippen LogP contribution in [0.15, 0.2) is 24.3 Å². The lowest BCUT2D eigenvalue weighted by Gasteiger charge is -2.33. The van der Waals surface area contributed by atoms with Gasteiger partial charge in [0.25, 0.3) is 5.88 Å². The van der Waals surface area contributed by atoms with Gasteiger partial charge in [-0.05, 0) is 38.4 Å². The molecule has 0 radical (unpaired) electrons. The molecule has 0 amide bonds. The van der Waals surface area contributed by atoms with Crippen LogP contribution in [0.2, 0.25) is 0 Å². The molecule has 3 rings (SSSR count). The summed E-state index contributed by atoms with van der Waals surface area (Å²) in [6.45, 7) is 4.65. The van der Waals surface area contributed by atoms with Gasteiger partial charge in [-0.25, -0.2) is 9.97 Å². The second-order valence-electron chi connectivity index (χ2n) is 5.39. The van der Waals surface area contributed by atoms with Gasteiger partial charge in [0.2, 0.25) is 0 Å². The minimum atomic E-state index is 0.438. The van der Waals surface area contributed by atoms with Crippen molar-refractivity contribution in [3.63, 3.8) is 0 Å². The number of hydrogen-bond acceptors (Lipinski definition) is 5. The Bertz CT molecular complexity index is 610. The third-order valence-corrected chi connectivity index (χ3v) is 3.96. The van der Waals surface area contributed by atoms with E-state index in [9.17, 15) is 0 Å². The zero-order chi connectivity index (χ0) is 14.7. The van der Waals surface area contributed by atoms with Crippen LogP contribution in [0.25, 0.3) is 11.0 Å². The predicted molar refractivity (Wildman–Crippen MR) is 85.0 cm³/mol. The van der Waals surface area contributed by atoms with E-state index in [0.717, 1.165) is 29.9 Å².